The maximum atomic E-state index is 12.6. The van der Waals surface area contributed by atoms with Crippen LogP contribution in [0.25, 0.3) is 0 Å². The van der Waals surface area contributed by atoms with Gasteiger partial charge in [-0.2, -0.15) is 0 Å². The normalized spacial score (nSPS) is 17.6. The second-order valence-electron chi connectivity index (χ2n) is 5.03. The number of nitrogen functional groups attached to an aromatic ring is 1. The quantitative estimate of drug-likeness (QED) is 0.810. The molecule has 1 unspecified atom stereocenters. The van der Waals surface area contributed by atoms with Gasteiger partial charge in [-0.25, -0.2) is 0 Å². The summed E-state index contributed by atoms with van der Waals surface area (Å²) < 4.78 is 0. The lowest BCUT2D eigenvalue weighted by molar-refractivity contribution is 0.0985. The summed E-state index contributed by atoms with van der Waals surface area (Å²) in [7, 11) is 0. The highest BCUT2D eigenvalue weighted by Crippen LogP contribution is 2.35. The van der Waals surface area contributed by atoms with E-state index in [1.165, 1.54) is 0 Å². The number of carbonyl (C=O) groups excluding carboxylic acids is 1. The Bertz CT molecular complexity index is 647. The van der Waals surface area contributed by atoms with Crippen LogP contribution in [0.1, 0.15) is 27.0 Å². The van der Waals surface area contributed by atoms with Gasteiger partial charge in [-0.15, -0.1) is 11.3 Å². The van der Waals surface area contributed by atoms with Gasteiger partial charge in [0.2, 0.25) is 0 Å². The van der Waals surface area contributed by atoms with Crippen molar-refractivity contribution < 1.29 is 4.79 Å². The van der Waals surface area contributed by atoms with E-state index in [2.05, 4.69) is 6.92 Å². The van der Waals surface area contributed by atoms with E-state index >= 15 is 0 Å². The molecule has 2 aromatic rings. The first-order chi connectivity index (χ1) is 9.06. The molecule has 2 N–H and O–H groups in total. The number of anilines is 2. The Hall–Kier alpha value is -1.81. The highest BCUT2D eigenvalue weighted by molar-refractivity contribution is 7.14. The SMILES string of the molecule is Cc1ccc(C(=O)N2c3ccc(N)cc3CC2C)s1. The minimum absolute atomic E-state index is 0.0918. The lowest BCUT2D eigenvalue weighted by atomic mass is 10.1. The molecule has 0 spiro atoms. The monoisotopic (exact) mass is 272 g/mol. The van der Waals surface area contributed by atoms with E-state index in [1.54, 1.807) is 11.3 Å². The molecule has 0 aliphatic carbocycles. The summed E-state index contributed by atoms with van der Waals surface area (Å²) >= 11 is 1.55. The number of carbonyl (C=O) groups is 1. The first kappa shape index (κ1) is 12.2. The van der Waals surface area contributed by atoms with Crippen molar-refractivity contribution in [1.29, 1.82) is 0 Å². The molecule has 19 heavy (non-hydrogen) atoms. The molecule has 3 nitrogen and oxygen atoms in total. The average Bonchev–Trinajstić information content (AvgIpc) is 2.91. The highest BCUT2D eigenvalue weighted by atomic mass is 32.1. The first-order valence-corrected chi connectivity index (χ1v) is 7.16. The molecule has 1 aliphatic rings. The summed E-state index contributed by atoms with van der Waals surface area (Å²) in [6.45, 7) is 4.10. The molecular formula is C15H16N2OS. The van der Waals surface area contributed by atoms with Crippen molar-refractivity contribution in [2.45, 2.75) is 26.3 Å². The lowest BCUT2D eigenvalue weighted by Gasteiger charge is -2.22. The third kappa shape index (κ3) is 2.02. The second kappa shape index (κ2) is 4.38. The predicted molar refractivity (Wildman–Crippen MR) is 79.9 cm³/mol. The van der Waals surface area contributed by atoms with Crippen LogP contribution in [0.4, 0.5) is 11.4 Å². The number of amides is 1. The number of nitrogens with zero attached hydrogens (tertiary/aromatic N) is 1. The molecule has 3 rings (SSSR count). The zero-order valence-corrected chi connectivity index (χ0v) is 11.8. The van der Waals surface area contributed by atoms with E-state index in [0.29, 0.717) is 0 Å². The van der Waals surface area contributed by atoms with Crippen molar-refractivity contribution in [2.75, 3.05) is 10.6 Å². The molecular weight excluding hydrogens is 256 g/mol. The number of nitrogens with two attached hydrogens (primary N) is 1. The van der Waals surface area contributed by atoms with Crippen molar-refractivity contribution in [3.8, 4) is 0 Å². The van der Waals surface area contributed by atoms with E-state index in [-0.39, 0.29) is 11.9 Å². The van der Waals surface area contributed by atoms with E-state index in [1.807, 2.05) is 42.2 Å². The Kier molecular flexibility index (Phi) is 2.82. The van der Waals surface area contributed by atoms with Crippen LogP contribution in [0.2, 0.25) is 0 Å². The molecule has 0 radical (unpaired) electrons. The molecule has 1 aliphatic heterocycles. The Balaban J connectivity index is 2.00. The summed E-state index contributed by atoms with van der Waals surface area (Å²) in [5, 5.41) is 0. The minimum atomic E-state index is 0.0918. The number of aryl methyl sites for hydroxylation is 1. The first-order valence-electron chi connectivity index (χ1n) is 6.34. The fourth-order valence-corrected chi connectivity index (χ4v) is 3.43. The van der Waals surface area contributed by atoms with Gasteiger partial charge < -0.3 is 10.6 Å². The summed E-state index contributed by atoms with van der Waals surface area (Å²) in [6.07, 6.45) is 0.871. The van der Waals surface area contributed by atoms with E-state index < -0.39 is 0 Å². The molecule has 2 heterocycles. The van der Waals surface area contributed by atoms with Crippen LogP contribution in [0.5, 0.6) is 0 Å². The van der Waals surface area contributed by atoms with E-state index in [4.69, 9.17) is 5.73 Å². The maximum absolute atomic E-state index is 12.6. The highest BCUT2D eigenvalue weighted by Gasteiger charge is 2.32. The Morgan fingerprint density at radius 2 is 2.16 bits per heavy atom. The smallest absolute Gasteiger partial charge is 0.268 e. The van der Waals surface area contributed by atoms with E-state index in [0.717, 1.165) is 33.1 Å². The van der Waals surface area contributed by atoms with Gasteiger partial charge in [-0.05, 0) is 56.2 Å². The number of thiophene rings is 1. The van der Waals surface area contributed by atoms with Crippen molar-refractivity contribution in [3.05, 3.63) is 45.6 Å². The molecule has 1 aromatic carbocycles. The summed E-state index contributed by atoms with van der Waals surface area (Å²) in [5.74, 6) is 0.0918. The Morgan fingerprint density at radius 3 is 2.84 bits per heavy atom. The zero-order valence-electron chi connectivity index (χ0n) is 11.0. The summed E-state index contributed by atoms with van der Waals surface area (Å²) in [4.78, 5) is 16.5. The molecule has 0 saturated heterocycles. The van der Waals surface area contributed by atoms with Crippen LogP contribution in [-0.4, -0.2) is 11.9 Å². The van der Waals surface area contributed by atoms with Crippen LogP contribution < -0.4 is 10.6 Å². The topological polar surface area (TPSA) is 46.3 Å². The molecule has 4 heteroatoms. The number of fused-ring (bicyclic) bond motifs is 1. The standard InChI is InChI=1S/C15H16N2OS/c1-9-7-11-8-12(16)4-5-13(11)17(9)15(18)14-6-3-10(2)19-14/h3-6,8-9H,7,16H2,1-2H3. The molecule has 1 aromatic heterocycles. The third-order valence-electron chi connectivity index (χ3n) is 3.49. The van der Waals surface area contributed by atoms with Gasteiger partial charge in [0.25, 0.3) is 5.91 Å². The molecule has 0 saturated carbocycles. The third-order valence-corrected chi connectivity index (χ3v) is 4.48. The fraction of sp³-hybridized carbons (Fsp3) is 0.267. The van der Waals surface area contributed by atoms with E-state index in [9.17, 15) is 4.79 Å². The van der Waals surface area contributed by atoms with Crippen LogP contribution in [0.15, 0.2) is 30.3 Å². The van der Waals surface area contributed by atoms with Gasteiger partial charge in [-0.3, -0.25) is 4.79 Å². The van der Waals surface area contributed by atoms with Crippen LogP contribution in [0.3, 0.4) is 0 Å². The molecule has 1 amide bonds. The molecule has 1 atom stereocenters. The number of hydrogen-bond donors (Lipinski definition) is 1. The molecule has 98 valence electrons. The fourth-order valence-electron chi connectivity index (χ4n) is 2.63. The number of benzene rings is 1. The number of hydrogen-bond acceptors (Lipinski definition) is 3. The predicted octanol–water partition coefficient (Wildman–Crippen LogP) is 3.23. The van der Waals surface area contributed by atoms with Gasteiger partial charge in [-0.1, -0.05) is 0 Å². The van der Waals surface area contributed by atoms with Crippen LogP contribution in [-0.2, 0) is 6.42 Å². The lowest BCUT2D eigenvalue weighted by Crippen LogP contribution is -2.35. The Labute approximate surface area is 116 Å². The van der Waals surface area contributed by atoms with Gasteiger partial charge >= 0.3 is 0 Å². The second-order valence-corrected chi connectivity index (χ2v) is 6.31. The molecule has 0 bridgehead atoms. The van der Waals surface area contributed by atoms with Crippen LogP contribution >= 0.6 is 11.3 Å². The molecule has 0 fully saturated rings. The van der Waals surface area contributed by atoms with Gasteiger partial charge in [0.1, 0.15) is 0 Å². The Morgan fingerprint density at radius 1 is 1.37 bits per heavy atom. The maximum Gasteiger partial charge on any atom is 0.268 e. The minimum Gasteiger partial charge on any atom is -0.399 e. The average molecular weight is 272 g/mol. The largest absolute Gasteiger partial charge is 0.399 e. The zero-order chi connectivity index (χ0) is 13.6. The van der Waals surface area contributed by atoms with Crippen molar-refractivity contribution in [3.63, 3.8) is 0 Å². The van der Waals surface area contributed by atoms with Crippen LogP contribution in [0, 0.1) is 6.92 Å². The summed E-state index contributed by atoms with van der Waals surface area (Å²) in [6, 6.07) is 9.86. The number of rotatable bonds is 1. The van der Waals surface area contributed by atoms with Gasteiger partial charge in [0.15, 0.2) is 0 Å². The van der Waals surface area contributed by atoms with Crippen molar-refractivity contribution >= 4 is 28.6 Å². The van der Waals surface area contributed by atoms with Crippen molar-refractivity contribution in [1.82, 2.24) is 0 Å². The van der Waals surface area contributed by atoms with Gasteiger partial charge in [0, 0.05) is 22.3 Å². The van der Waals surface area contributed by atoms with Gasteiger partial charge in [0.05, 0.1) is 4.88 Å². The summed E-state index contributed by atoms with van der Waals surface area (Å²) in [5.41, 5.74) is 8.73. The van der Waals surface area contributed by atoms with Crippen molar-refractivity contribution in [2.24, 2.45) is 0 Å².